The highest BCUT2D eigenvalue weighted by Crippen LogP contribution is 2.33. The second-order valence-electron chi connectivity index (χ2n) is 7.95. The zero-order valence-corrected chi connectivity index (χ0v) is 18.1. The topological polar surface area (TPSA) is 85.4 Å². The maximum Gasteiger partial charge on any atom is 0.258 e. The molecule has 5 rings (SSSR count). The molecule has 1 N–H and O–H groups in total. The van der Waals surface area contributed by atoms with Crippen molar-refractivity contribution in [1.29, 1.82) is 0 Å². The first-order valence-electron chi connectivity index (χ1n) is 10.6. The van der Waals surface area contributed by atoms with Crippen LogP contribution in [-0.4, -0.2) is 79.9 Å². The number of ether oxygens (including phenoxy) is 1. The van der Waals surface area contributed by atoms with Gasteiger partial charge in [0.25, 0.3) is 6.43 Å². The number of hydrogen-bond acceptors (Lipinski definition) is 7. The molecule has 1 aromatic carbocycles. The number of likely N-dealkylation sites (tertiary alicyclic amines) is 1. The van der Waals surface area contributed by atoms with Crippen molar-refractivity contribution in [1.82, 2.24) is 34.5 Å². The molecule has 3 aromatic heterocycles. The van der Waals surface area contributed by atoms with E-state index in [0.717, 1.165) is 17.7 Å². The summed E-state index contributed by atoms with van der Waals surface area (Å²) in [5, 5.41) is 15.3. The van der Waals surface area contributed by atoms with Crippen molar-refractivity contribution >= 4 is 22.5 Å². The van der Waals surface area contributed by atoms with Gasteiger partial charge in [-0.15, -0.1) is 10.2 Å². The van der Waals surface area contributed by atoms with Gasteiger partial charge in [0.15, 0.2) is 0 Å². The van der Waals surface area contributed by atoms with E-state index in [2.05, 4.69) is 25.7 Å². The molecule has 9 nitrogen and oxygen atoms in total. The Morgan fingerprint density at radius 3 is 2.82 bits per heavy atom. The molecule has 1 saturated heterocycles. The smallest absolute Gasteiger partial charge is 0.258 e. The fourth-order valence-electron chi connectivity index (χ4n) is 4.23. The second-order valence-corrected chi connectivity index (χ2v) is 7.95. The lowest BCUT2D eigenvalue weighted by molar-refractivity contribution is 0.122. The zero-order chi connectivity index (χ0) is 23.1. The molecule has 2 atom stereocenters. The molecular weight excluding hydrogens is 437 g/mol. The molecule has 1 aliphatic heterocycles. The molecule has 0 radical (unpaired) electrons. The number of fused-ring (bicyclic) bond motifs is 2. The highest BCUT2D eigenvalue weighted by atomic mass is 19.3. The number of anilines is 1. The standard InChI is InChI=1S/C21H23F3N8O/c1-3-30-9-14(22)16(10-30)25-21-26-20(33-2)19-13(6-7-31(19)28-21)12-4-5-15-17(8-12)32(29-27-15)11-18(23)24/h4-8,14,16,18H,3,9-11H2,1-2H3,(H,25,28)/t14-,16+/m0/s1. The molecule has 0 aliphatic carbocycles. The number of likely N-dealkylation sites (N-methyl/N-ethyl adjacent to an activating group) is 1. The number of nitrogens with zero attached hydrogens (tertiary/aromatic N) is 7. The lowest BCUT2D eigenvalue weighted by atomic mass is 10.1. The first-order valence-corrected chi connectivity index (χ1v) is 10.6. The average molecular weight is 460 g/mol. The van der Waals surface area contributed by atoms with Gasteiger partial charge in [0.1, 0.15) is 23.7 Å². The zero-order valence-electron chi connectivity index (χ0n) is 18.1. The monoisotopic (exact) mass is 460 g/mol. The molecule has 1 aliphatic rings. The van der Waals surface area contributed by atoms with Crippen LogP contribution in [0.4, 0.5) is 19.1 Å². The normalized spacial score (nSPS) is 19.2. The van der Waals surface area contributed by atoms with Gasteiger partial charge >= 0.3 is 0 Å². The largest absolute Gasteiger partial charge is 0.479 e. The molecule has 0 spiro atoms. The van der Waals surface area contributed by atoms with Gasteiger partial charge in [0.2, 0.25) is 11.8 Å². The summed E-state index contributed by atoms with van der Waals surface area (Å²) in [4.78, 5) is 6.48. The van der Waals surface area contributed by atoms with Crippen LogP contribution in [0.2, 0.25) is 0 Å². The third kappa shape index (κ3) is 3.94. The predicted octanol–water partition coefficient (Wildman–Crippen LogP) is 2.87. The van der Waals surface area contributed by atoms with Gasteiger partial charge in [-0.1, -0.05) is 18.2 Å². The van der Waals surface area contributed by atoms with Gasteiger partial charge < -0.3 is 10.1 Å². The van der Waals surface area contributed by atoms with Crippen LogP contribution in [0.3, 0.4) is 0 Å². The number of benzene rings is 1. The van der Waals surface area contributed by atoms with Gasteiger partial charge in [-0.05, 0) is 30.3 Å². The number of rotatable bonds is 7. The minimum atomic E-state index is -2.54. The van der Waals surface area contributed by atoms with Crippen molar-refractivity contribution in [2.24, 2.45) is 0 Å². The molecule has 0 amide bonds. The van der Waals surface area contributed by atoms with E-state index in [1.54, 1.807) is 22.8 Å². The van der Waals surface area contributed by atoms with Crippen LogP contribution in [0.1, 0.15) is 6.92 Å². The van der Waals surface area contributed by atoms with Crippen LogP contribution >= 0.6 is 0 Å². The Morgan fingerprint density at radius 2 is 2.09 bits per heavy atom. The molecule has 4 aromatic rings. The summed E-state index contributed by atoms with van der Waals surface area (Å²) < 4.78 is 48.5. The van der Waals surface area contributed by atoms with E-state index in [9.17, 15) is 13.2 Å². The van der Waals surface area contributed by atoms with E-state index in [0.29, 0.717) is 35.5 Å². The van der Waals surface area contributed by atoms with Crippen molar-refractivity contribution in [3.63, 3.8) is 0 Å². The van der Waals surface area contributed by atoms with Crippen LogP contribution < -0.4 is 10.1 Å². The van der Waals surface area contributed by atoms with Crippen LogP contribution in [0.25, 0.3) is 27.7 Å². The minimum absolute atomic E-state index is 0.266. The number of methoxy groups -OCH3 is 1. The second kappa shape index (κ2) is 8.50. The lowest BCUT2D eigenvalue weighted by Crippen LogP contribution is -2.31. The molecule has 1 fully saturated rings. The Balaban J connectivity index is 1.51. The molecule has 174 valence electrons. The quantitative estimate of drug-likeness (QED) is 0.454. The lowest BCUT2D eigenvalue weighted by Gasteiger charge is -2.16. The van der Waals surface area contributed by atoms with Crippen molar-refractivity contribution in [2.75, 3.05) is 32.1 Å². The number of halogens is 3. The average Bonchev–Trinajstić information content (AvgIpc) is 3.50. The van der Waals surface area contributed by atoms with Gasteiger partial charge in [-0.25, -0.2) is 22.4 Å². The third-order valence-corrected chi connectivity index (χ3v) is 5.89. The van der Waals surface area contributed by atoms with Crippen molar-refractivity contribution in [2.45, 2.75) is 32.1 Å². The van der Waals surface area contributed by atoms with E-state index >= 15 is 0 Å². The Morgan fingerprint density at radius 1 is 1.24 bits per heavy atom. The SMILES string of the molecule is CCN1C[C@H](F)[C@H](Nc2nc(OC)c3c(-c4ccc5nnn(CC(F)F)c5c4)ccn3n2)C1. The highest BCUT2D eigenvalue weighted by Gasteiger charge is 2.32. The Bertz CT molecular complexity index is 1290. The van der Waals surface area contributed by atoms with Crippen molar-refractivity contribution in [3.8, 4) is 17.0 Å². The summed E-state index contributed by atoms with van der Waals surface area (Å²) >= 11 is 0. The molecule has 0 unspecified atom stereocenters. The molecule has 33 heavy (non-hydrogen) atoms. The summed E-state index contributed by atoms with van der Waals surface area (Å²) in [6.07, 6.45) is -1.81. The van der Waals surface area contributed by atoms with E-state index in [1.165, 1.54) is 11.8 Å². The van der Waals surface area contributed by atoms with E-state index < -0.39 is 25.2 Å². The third-order valence-electron chi connectivity index (χ3n) is 5.89. The molecule has 4 heterocycles. The summed E-state index contributed by atoms with van der Waals surface area (Å²) in [5.41, 5.74) is 3.14. The maximum absolute atomic E-state index is 14.4. The number of aromatic nitrogens is 6. The Hall–Kier alpha value is -3.41. The summed E-state index contributed by atoms with van der Waals surface area (Å²) in [6.45, 7) is 3.18. The predicted molar refractivity (Wildman–Crippen MR) is 116 cm³/mol. The highest BCUT2D eigenvalue weighted by molar-refractivity contribution is 5.89. The summed E-state index contributed by atoms with van der Waals surface area (Å²) in [6, 6.07) is 6.74. The number of nitrogens with one attached hydrogen (secondary N) is 1. The van der Waals surface area contributed by atoms with Gasteiger partial charge in [-0.3, -0.25) is 4.90 Å². The summed E-state index contributed by atoms with van der Waals surface area (Å²) in [5.74, 6) is 0.578. The van der Waals surface area contributed by atoms with Gasteiger partial charge in [0, 0.05) is 24.8 Å². The molecule has 0 saturated carbocycles. The van der Waals surface area contributed by atoms with Crippen molar-refractivity contribution < 1.29 is 17.9 Å². The van der Waals surface area contributed by atoms with Crippen LogP contribution in [0, 0.1) is 0 Å². The fraction of sp³-hybridized carbons (Fsp3) is 0.429. The van der Waals surface area contributed by atoms with E-state index in [1.807, 2.05) is 24.0 Å². The molecular formula is C21H23F3N8O. The maximum atomic E-state index is 14.4. The first kappa shape index (κ1) is 21.4. The van der Waals surface area contributed by atoms with Gasteiger partial charge in [0.05, 0.1) is 18.7 Å². The van der Waals surface area contributed by atoms with E-state index in [4.69, 9.17) is 4.74 Å². The Kier molecular flexibility index (Phi) is 5.52. The number of alkyl halides is 3. The molecule has 0 bridgehead atoms. The van der Waals surface area contributed by atoms with E-state index in [-0.39, 0.29) is 5.95 Å². The van der Waals surface area contributed by atoms with Gasteiger partial charge in [-0.2, -0.15) is 4.98 Å². The van der Waals surface area contributed by atoms with Crippen molar-refractivity contribution in [3.05, 3.63) is 30.5 Å². The Labute approximate surface area is 187 Å². The van der Waals surface area contributed by atoms with Crippen LogP contribution in [0.5, 0.6) is 5.88 Å². The number of hydrogen-bond donors (Lipinski definition) is 1. The first-order chi connectivity index (χ1) is 16.0. The molecule has 12 heteroatoms. The fourth-order valence-corrected chi connectivity index (χ4v) is 4.23. The minimum Gasteiger partial charge on any atom is -0.479 e. The van der Waals surface area contributed by atoms with Crippen LogP contribution in [-0.2, 0) is 6.54 Å². The summed E-state index contributed by atoms with van der Waals surface area (Å²) in [7, 11) is 1.50. The van der Waals surface area contributed by atoms with Crippen LogP contribution in [0.15, 0.2) is 30.5 Å².